The number of hydrogen-bond donors (Lipinski definition) is 0. The molecule has 0 aromatic rings. The topological polar surface area (TPSA) is 18.5 Å². The Labute approximate surface area is 56.2 Å². The highest BCUT2D eigenvalue weighted by Crippen LogP contribution is 2.21. The molecule has 0 bridgehead atoms. The van der Waals surface area contributed by atoms with Crippen molar-refractivity contribution in [2.75, 3.05) is 13.7 Å². The van der Waals surface area contributed by atoms with Crippen molar-refractivity contribution in [1.82, 2.24) is 0 Å². The summed E-state index contributed by atoms with van der Waals surface area (Å²) < 4.78 is 10.5. The van der Waals surface area contributed by atoms with E-state index in [1.54, 1.807) is 7.11 Å². The molecule has 0 saturated carbocycles. The average Bonchev–Trinajstić information content (AvgIpc) is 2.15. The minimum absolute atomic E-state index is 0.319. The van der Waals surface area contributed by atoms with Crippen LogP contribution in [-0.2, 0) is 9.47 Å². The fourth-order valence-electron chi connectivity index (χ4n) is 1.14. The van der Waals surface area contributed by atoms with Gasteiger partial charge in [-0.2, -0.15) is 0 Å². The van der Waals surface area contributed by atoms with Crippen LogP contribution in [0.5, 0.6) is 0 Å². The smallest absolute Gasteiger partial charge is 0.0854 e. The predicted octanol–water partition coefficient (Wildman–Crippen LogP) is 1.06. The van der Waals surface area contributed by atoms with Crippen LogP contribution in [-0.4, -0.2) is 25.9 Å². The van der Waals surface area contributed by atoms with Gasteiger partial charge in [0.2, 0.25) is 0 Å². The lowest BCUT2D eigenvalue weighted by Crippen LogP contribution is -2.20. The Kier molecular flexibility index (Phi) is 2.09. The van der Waals surface area contributed by atoms with Gasteiger partial charge in [-0.15, -0.1) is 0 Å². The van der Waals surface area contributed by atoms with Crippen LogP contribution >= 0.6 is 0 Å². The van der Waals surface area contributed by atoms with Crippen molar-refractivity contribution >= 4 is 0 Å². The van der Waals surface area contributed by atoms with E-state index in [2.05, 4.69) is 13.8 Å². The van der Waals surface area contributed by atoms with Crippen molar-refractivity contribution in [1.29, 1.82) is 0 Å². The lowest BCUT2D eigenvalue weighted by Gasteiger charge is -2.12. The van der Waals surface area contributed by atoms with Crippen LogP contribution < -0.4 is 0 Å². The third-order valence-electron chi connectivity index (χ3n) is 2.15. The van der Waals surface area contributed by atoms with Gasteiger partial charge in [0.05, 0.1) is 18.8 Å². The third kappa shape index (κ3) is 1.25. The van der Waals surface area contributed by atoms with E-state index < -0.39 is 0 Å². The Morgan fingerprint density at radius 1 is 1.44 bits per heavy atom. The van der Waals surface area contributed by atoms with E-state index in [1.807, 2.05) is 0 Å². The quantitative estimate of drug-likeness (QED) is 0.528. The van der Waals surface area contributed by atoms with Gasteiger partial charge in [0.15, 0.2) is 0 Å². The number of methoxy groups -OCH3 is 1. The lowest BCUT2D eigenvalue weighted by molar-refractivity contribution is 0.0668. The molecule has 1 aliphatic heterocycles. The van der Waals surface area contributed by atoms with Crippen molar-refractivity contribution < 1.29 is 9.47 Å². The molecule has 0 N–H and O–H groups in total. The van der Waals surface area contributed by atoms with Gasteiger partial charge in [0, 0.05) is 13.0 Å². The predicted molar refractivity (Wildman–Crippen MR) is 35.4 cm³/mol. The van der Waals surface area contributed by atoms with Crippen LogP contribution in [0.4, 0.5) is 0 Å². The van der Waals surface area contributed by atoms with Crippen molar-refractivity contribution in [3.8, 4) is 0 Å². The van der Waals surface area contributed by atoms with Crippen LogP contribution in [0.1, 0.15) is 13.8 Å². The minimum atomic E-state index is 0.319. The maximum atomic E-state index is 5.34. The summed E-state index contributed by atoms with van der Waals surface area (Å²) in [4.78, 5) is 0. The minimum Gasteiger partial charge on any atom is -0.379 e. The first-order valence-corrected chi connectivity index (χ1v) is 3.40. The Morgan fingerprint density at radius 2 is 2.11 bits per heavy atom. The maximum Gasteiger partial charge on any atom is 0.0854 e. The molecule has 9 heavy (non-hydrogen) atoms. The molecule has 54 valence electrons. The molecule has 0 aromatic heterocycles. The summed E-state index contributed by atoms with van der Waals surface area (Å²) in [6.45, 7) is 5.01. The van der Waals surface area contributed by atoms with Gasteiger partial charge < -0.3 is 9.47 Å². The summed E-state index contributed by atoms with van der Waals surface area (Å²) >= 11 is 0. The van der Waals surface area contributed by atoms with E-state index in [0.717, 1.165) is 6.61 Å². The van der Waals surface area contributed by atoms with Gasteiger partial charge in [0.25, 0.3) is 0 Å². The number of rotatable bonds is 1. The second-order valence-corrected chi connectivity index (χ2v) is 2.67. The number of hydrogen-bond acceptors (Lipinski definition) is 2. The molecule has 1 aliphatic rings. The largest absolute Gasteiger partial charge is 0.379 e. The lowest BCUT2D eigenvalue weighted by atomic mass is 10.0. The Morgan fingerprint density at radius 3 is 2.33 bits per heavy atom. The molecule has 0 amide bonds. The summed E-state index contributed by atoms with van der Waals surface area (Å²) in [6, 6.07) is 0. The van der Waals surface area contributed by atoms with Crippen LogP contribution in [0.15, 0.2) is 0 Å². The average molecular weight is 130 g/mol. The summed E-state index contributed by atoms with van der Waals surface area (Å²) in [5, 5.41) is 0. The molecule has 0 spiro atoms. The van der Waals surface area contributed by atoms with Crippen LogP contribution in [0, 0.1) is 5.92 Å². The first-order chi connectivity index (χ1) is 4.25. The summed E-state index contributed by atoms with van der Waals surface area (Å²) in [7, 11) is 1.74. The van der Waals surface area contributed by atoms with Crippen molar-refractivity contribution in [3.63, 3.8) is 0 Å². The van der Waals surface area contributed by atoms with E-state index in [1.165, 1.54) is 0 Å². The van der Waals surface area contributed by atoms with Crippen molar-refractivity contribution in [2.24, 2.45) is 5.92 Å². The highest BCUT2D eigenvalue weighted by Gasteiger charge is 2.30. The molecule has 2 heteroatoms. The zero-order valence-corrected chi connectivity index (χ0v) is 6.26. The fraction of sp³-hybridized carbons (Fsp3) is 1.00. The Hall–Kier alpha value is -0.0800. The van der Waals surface area contributed by atoms with Gasteiger partial charge in [-0.1, -0.05) is 6.92 Å². The third-order valence-corrected chi connectivity index (χ3v) is 2.15. The van der Waals surface area contributed by atoms with E-state index in [9.17, 15) is 0 Å². The zero-order valence-electron chi connectivity index (χ0n) is 6.26. The van der Waals surface area contributed by atoms with E-state index in [0.29, 0.717) is 18.1 Å². The van der Waals surface area contributed by atoms with Crippen LogP contribution in [0.2, 0.25) is 0 Å². The molecular formula is C7H14O2. The summed E-state index contributed by atoms with van der Waals surface area (Å²) in [5.74, 6) is 0.551. The Balaban J connectivity index is 2.41. The van der Waals surface area contributed by atoms with Gasteiger partial charge in [-0.05, 0) is 6.92 Å². The van der Waals surface area contributed by atoms with Crippen LogP contribution in [0.25, 0.3) is 0 Å². The van der Waals surface area contributed by atoms with Gasteiger partial charge in [-0.3, -0.25) is 0 Å². The molecule has 1 saturated heterocycles. The van der Waals surface area contributed by atoms with Crippen molar-refractivity contribution in [2.45, 2.75) is 26.1 Å². The molecule has 0 radical (unpaired) electrons. The van der Waals surface area contributed by atoms with E-state index in [4.69, 9.17) is 9.47 Å². The van der Waals surface area contributed by atoms with Gasteiger partial charge >= 0.3 is 0 Å². The second kappa shape index (κ2) is 2.67. The zero-order chi connectivity index (χ0) is 6.85. The first-order valence-electron chi connectivity index (χ1n) is 3.40. The number of ether oxygens (including phenoxy) is 2. The molecule has 1 heterocycles. The highest BCUT2D eigenvalue weighted by molar-refractivity contribution is 4.77. The standard InChI is InChI=1S/C7H14O2/c1-5-6(2)9-4-7(5)8-3/h5-7H,4H2,1-3H3. The SMILES string of the molecule is COC1COC(C)C1C. The van der Waals surface area contributed by atoms with Crippen LogP contribution in [0.3, 0.4) is 0 Å². The molecular weight excluding hydrogens is 116 g/mol. The maximum absolute atomic E-state index is 5.34. The summed E-state index contributed by atoms with van der Waals surface area (Å²) in [5.41, 5.74) is 0. The molecule has 3 unspecified atom stereocenters. The molecule has 3 atom stereocenters. The highest BCUT2D eigenvalue weighted by atomic mass is 16.5. The van der Waals surface area contributed by atoms with Gasteiger partial charge in [0.1, 0.15) is 0 Å². The fourth-order valence-corrected chi connectivity index (χ4v) is 1.14. The Bertz CT molecular complexity index is 92.9. The van der Waals surface area contributed by atoms with Crippen molar-refractivity contribution in [3.05, 3.63) is 0 Å². The molecule has 1 fully saturated rings. The second-order valence-electron chi connectivity index (χ2n) is 2.67. The normalized spacial score (nSPS) is 43.7. The monoisotopic (exact) mass is 130 g/mol. The molecule has 2 nitrogen and oxygen atoms in total. The molecule has 0 aromatic carbocycles. The first kappa shape index (κ1) is 7.03. The van der Waals surface area contributed by atoms with E-state index in [-0.39, 0.29) is 0 Å². The molecule has 0 aliphatic carbocycles. The molecule has 1 rings (SSSR count). The summed E-state index contributed by atoms with van der Waals surface area (Å²) in [6.07, 6.45) is 0.690. The van der Waals surface area contributed by atoms with Gasteiger partial charge in [-0.25, -0.2) is 0 Å². The van der Waals surface area contributed by atoms with E-state index >= 15 is 0 Å².